The van der Waals surface area contributed by atoms with Gasteiger partial charge in [0.25, 0.3) is 5.56 Å². The van der Waals surface area contributed by atoms with Crippen molar-refractivity contribution < 1.29 is 14.7 Å². The van der Waals surface area contributed by atoms with Crippen molar-refractivity contribution in [1.29, 1.82) is 0 Å². The van der Waals surface area contributed by atoms with Crippen LogP contribution in [0.25, 0.3) is 10.2 Å². The number of carboxylic acid groups (broad SMARTS) is 1. The number of amides is 1. The third kappa shape index (κ3) is 4.16. The molecule has 8 heteroatoms. The first-order valence-electron chi connectivity index (χ1n) is 7.40. The monoisotopic (exact) mass is 337 g/mol. The SMILES string of the molecule is CCc1cc2c(=O)n(CCC(=O)NCCC(=O)O)c(C)nc2s1. The molecule has 0 bridgehead atoms. The van der Waals surface area contributed by atoms with Crippen molar-refractivity contribution in [3.05, 3.63) is 27.1 Å². The molecule has 0 fully saturated rings. The molecule has 2 rings (SSSR count). The van der Waals surface area contributed by atoms with E-state index in [9.17, 15) is 14.4 Å². The van der Waals surface area contributed by atoms with Crippen LogP contribution >= 0.6 is 11.3 Å². The lowest BCUT2D eigenvalue weighted by molar-refractivity contribution is -0.136. The lowest BCUT2D eigenvalue weighted by atomic mass is 10.3. The molecule has 2 aromatic rings. The summed E-state index contributed by atoms with van der Waals surface area (Å²) in [7, 11) is 0. The second-order valence-electron chi connectivity index (χ2n) is 5.14. The molecule has 0 unspecified atom stereocenters. The zero-order valence-electron chi connectivity index (χ0n) is 13.1. The molecule has 0 spiro atoms. The third-order valence-corrected chi connectivity index (χ3v) is 4.64. The number of carbonyl (C=O) groups is 2. The molecule has 0 saturated carbocycles. The van der Waals surface area contributed by atoms with Crippen LogP contribution in [0.5, 0.6) is 0 Å². The third-order valence-electron chi connectivity index (χ3n) is 3.47. The van der Waals surface area contributed by atoms with Crippen LogP contribution in [0.1, 0.15) is 30.5 Å². The van der Waals surface area contributed by atoms with Crippen LogP contribution in [0.2, 0.25) is 0 Å². The molecule has 2 heterocycles. The van der Waals surface area contributed by atoms with Gasteiger partial charge in [-0.3, -0.25) is 19.0 Å². The summed E-state index contributed by atoms with van der Waals surface area (Å²) < 4.78 is 1.49. The smallest absolute Gasteiger partial charge is 0.305 e. The van der Waals surface area contributed by atoms with Crippen LogP contribution in [0.3, 0.4) is 0 Å². The molecular formula is C15H19N3O4S. The van der Waals surface area contributed by atoms with Gasteiger partial charge in [0, 0.05) is 24.4 Å². The van der Waals surface area contributed by atoms with Gasteiger partial charge in [-0.1, -0.05) is 6.92 Å². The zero-order valence-corrected chi connectivity index (χ0v) is 13.9. The Morgan fingerprint density at radius 1 is 1.39 bits per heavy atom. The molecule has 0 aliphatic heterocycles. The van der Waals surface area contributed by atoms with Crippen LogP contribution in [0.4, 0.5) is 0 Å². The highest BCUT2D eigenvalue weighted by atomic mass is 32.1. The van der Waals surface area contributed by atoms with Gasteiger partial charge in [-0.15, -0.1) is 11.3 Å². The van der Waals surface area contributed by atoms with E-state index in [1.807, 2.05) is 13.0 Å². The number of aromatic nitrogens is 2. The number of aliphatic carboxylic acids is 1. The van der Waals surface area contributed by atoms with E-state index in [1.54, 1.807) is 6.92 Å². The second-order valence-corrected chi connectivity index (χ2v) is 6.26. The maximum Gasteiger partial charge on any atom is 0.305 e. The van der Waals surface area contributed by atoms with Crippen molar-refractivity contribution in [2.75, 3.05) is 6.54 Å². The molecule has 0 radical (unpaired) electrons. The number of thiophene rings is 1. The number of hydrogen-bond donors (Lipinski definition) is 2. The minimum Gasteiger partial charge on any atom is -0.481 e. The molecule has 0 saturated heterocycles. The van der Waals surface area contributed by atoms with Crippen LogP contribution in [0, 0.1) is 6.92 Å². The number of rotatable bonds is 7. The minimum atomic E-state index is -0.962. The van der Waals surface area contributed by atoms with E-state index in [-0.39, 0.29) is 37.4 Å². The lowest BCUT2D eigenvalue weighted by Crippen LogP contribution is -2.30. The zero-order chi connectivity index (χ0) is 17.0. The highest BCUT2D eigenvalue weighted by Crippen LogP contribution is 2.21. The summed E-state index contributed by atoms with van der Waals surface area (Å²) in [6.07, 6.45) is 0.844. The van der Waals surface area contributed by atoms with Crippen LogP contribution in [-0.2, 0) is 22.6 Å². The Morgan fingerprint density at radius 2 is 2.13 bits per heavy atom. The average molecular weight is 337 g/mol. The molecule has 2 aromatic heterocycles. The Bertz CT molecular complexity index is 794. The summed E-state index contributed by atoms with van der Waals surface area (Å²) in [6, 6.07) is 1.86. The summed E-state index contributed by atoms with van der Waals surface area (Å²) in [5, 5.41) is 11.6. The Hall–Kier alpha value is -2.22. The maximum absolute atomic E-state index is 12.5. The van der Waals surface area contributed by atoms with E-state index < -0.39 is 5.97 Å². The predicted molar refractivity (Wildman–Crippen MR) is 87.9 cm³/mol. The van der Waals surface area contributed by atoms with Crippen molar-refractivity contribution in [2.24, 2.45) is 0 Å². The molecular weight excluding hydrogens is 318 g/mol. The van der Waals surface area contributed by atoms with Crippen LogP contribution in [-0.4, -0.2) is 33.1 Å². The Balaban J connectivity index is 2.09. The summed E-state index contributed by atoms with van der Waals surface area (Å²) >= 11 is 1.51. The minimum absolute atomic E-state index is 0.0870. The van der Waals surface area contributed by atoms with Gasteiger partial charge in [0.05, 0.1) is 11.8 Å². The number of carbonyl (C=O) groups excluding carboxylic acids is 1. The molecule has 0 atom stereocenters. The number of fused-ring (bicyclic) bond motifs is 1. The number of nitrogens with zero attached hydrogens (tertiary/aromatic N) is 2. The fourth-order valence-corrected chi connectivity index (χ4v) is 3.22. The number of aryl methyl sites for hydroxylation is 2. The number of hydrogen-bond acceptors (Lipinski definition) is 5. The molecule has 124 valence electrons. The van der Waals surface area contributed by atoms with Crippen LogP contribution < -0.4 is 10.9 Å². The molecule has 23 heavy (non-hydrogen) atoms. The van der Waals surface area contributed by atoms with Crippen molar-refractivity contribution in [2.45, 2.75) is 39.7 Å². The van der Waals surface area contributed by atoms with E-state index in [0.29, 0.717) is 11.2 Å². The molecule has 0 aliphatic carbocycles. The van der Waals surface area contributed by atoms with Gasteiger partial charge in [-0.05, 0) is 19.4 Å². The van der Waals surface area contributed by atoms with Crippen molar-refractivity contribution in [1.82, 2.24) is 14.9 Å². The quantitative estimate of drug-likeness (QED) is 0.793. The van der Waals surface area contributed by atoms with Crippen molar-refractivity contribution in [3.8, 4) is 0 Å². The van der Waals surface area contributed by atoms with E-state index in [4.69, 9.17) is 5.11 Å². The van der Waals surface area contributed by atoms with E-state index in [2.05, 4.69) is 10.3 Å². The van der Waals surface area contributed by atoms with Crippen LogP contribution in [0.15, 0.2) is 10.9 Å². The largest absolute Gasteiger partial charge is 0.481 e. The van der Waals surface area contributed by atoms with Crippen molar-refractivity contribution in [3.63, 3.8) is 0 Å². The average Bonchev–Trinajstić information content (AvgIpc) is 2.89. The maximum atomic E-state index is 12.5. The summed E-state index contributed by atoms with van der Waals surface area (Å²) in [4.78, 5) is 40.9. The van der Waals surface area contributed by atoms with Gasteiger partial charge >= 0.3 is 5.97 Å². The predicted octanol–water partition coefficient (Wildman–Crippen LogP) is 1.31. The van der Waals surface area contributed by atoms with E-state index in [0.717, 1.165) is 16.1 Å². The van der Waals surface area contributed by atoms with Gasteiger partial charge in [0.1, 0.15) is 10.7 Å². The first kappa shape index (κ1) is 17.1. The molecule has 0 aliphatic rings. The number of nitrogens with one attached hydrogen (secondary N) is 1. The normalized spacial score (nSPS) is 10.9. The highest BCUT2D eigenvalue weighted by molar-refractivity contribution is 7.18. The first-order valence-corrected chi connectivity index (χ1v) is 8.22. The Labute approximate surface area is 137 Å². The fraction of sp³-hybridized carbons (Fsp3) is 0.467. The Kier molecular flexibility index (Phi) is 5.49. The van der Waals surface area contributed by atoms with Gasteiger partial charge in [-0.2, -0.15) is 0 Å². The molecule has 0 aromatic carbocycles. The molecule has 2 N–H and O–H groups in total. The highest BCUT2D eigenvalue weighted by Gasteiger charge is 2.12. The fourth-order valence-electron chi connectivity index (χ4n) is 2.22. The van der Waals surface area contributed by atoms with E-state index >= 15 is 0 Å². The molecule has 1 amide bonds. The topological polar surface area (TPSA) is 101 Å². The molecule has 7 nitrogen and oxygen atoms in total. The summed E-state index contributed by atoms with van der Waals surface area (Å²) in [5.41, 5.74) is -0.137. The summed E-state index contributed by atoms with van der Waals surface area (Å²) in [5.74, 6) is -0.668. The lowest BCUT2D eigenvalue weighted by Gasteiger charge is -2.09. The first-order chi connectivity index (χ1) is 10.9. The standard InChI is InChI=1S/C15H19N3O4S/c1-3-10-8-11-14(23-10)17-9(2)18(15(11)22)7-5-12(19)16-6-4-13(20)21/h8H,3-7H2,1-2H3,(H,16,19)(H,20,21). The van der Waals surface area contributed by atoms with Gasteiger partial charge in [-0.25, -0.2) is 4.98 Å². The van der Waals surface area contributed by atoms with E-state index in [1.165, 1.54) is 15.9 Å². The van der Waals surface area contributed by atoms with Gasteiger partial charge < -0.3 is 10.4 Å². The van der Waals surface area contributed by atoms with Gasteiger partial charge in [0.2, 0.25) is 5.91 Å². The van der Waals surface area contributed by atoms with Crippen molar-refractivity contribution >= 4 is 33.4 Å². The Morgan fingerprint density at radius 3 is 2.78 bits per heavy atom. The number of carboxylic acids is 1. The summed E-state index contributed by atoms with van der Waals surface area (Å²) in [6.45, 7) is 4.08. The van der Waals surface area contributed by atoms with Gasteiger partial charge in [0.15, 0.2) is 0 Å². The second kappa shape index (κ2) is 7.36.